The molecule has 1 fully saturated rings. The van der Waals surface area contributed by atoms with Crippen LogP contribution < -0.4 is 9.47 Å². The molecule has 2 rings (SSSR count). The van der Waals surface area contributed by atoms with Crippen molar-refractivity contribution in [1.82, 2.24) is 9.80 Å². The SMILES string of the molecule is CCCC(=O)N1CCN(C(=O)COc2ccc(OCC)cc2)CC1. The number of benzene rings is 1. The summed E-state index contributed by atoms with van der Waals surface area (Å²) in [7, 11) is 0. The van der Waals surface area contributed by atoms with Gasteiger partial charge in [0.25, 0.3) is 5.91 Å². The number of nitrogens with zero attached hydrogens (tertiary/aromatic N) is 2. The Balaban J connectivity index is 1.74. The van der Waals surface area contributed by atoms with Gasteiger partial charge in [0.1, 0.15) is 11.5 Å². The van der Waals surface area contributed by atoms with Crippen molar-refractivity contribution < 1.29 is 19.1 Å². The summed E-state index contributed by atoms with van der Waals surface area (Å²) in [6, 6.07) is 7.22. The zero-order valence-electron chi connectivity index (χ0n) is 14.5. The average molecular weight is 334 g/mol. The van der Waals surface area contributed by atoms with Crippen LogP contribution in [0.4, 0.5) is 0 Å². The van der Waals surface area contributed by atoms with E-state index >= 15 is 0 Å². The highest BCUT2D eigenvalue weighted by Crippen LogP contribution is 2.17. The van der Waals surface area contributed by atoms with Crippen molar-refractivity contribution in [3.8, 4) is 11.5 Å². The third-order valence-corrected chi connectivity index (χ3v) is 3.95. The number of carbonyl (C=O) groups excluding carboxylic acids is 2. The van der Waals surface area contributed by atoms with Crippen molar-refractivity contribution in [2.24, 2.45) is 0 Å². The van der Waals surface area contributed by atoms with Gasteiger partial charge in [0.05, 0.1) is 6.61 Å². The van der Waals surface area contributed by atoms with Crippen LogP contribution in [-0.2, 0) is 9.59 Å². The summed E-state index contributed by atoms with van der Waals surface area (Å²) in [4.78, 5) is 27.7. The largest absolute Gasteiger partial charge is 0.494 e. The van der Waals surface area contributed by atoms with Crippen molar-refractivity contribution in [3.63, 3.8) is 0 Å². The monoisotopic (exact) mass is 334 g/mol. The lowest BCUT2D eigenvalue weighted by molar-refractivity contribution is -0.140. The summed E-state index contributed by atoms with van der Waals surface area (Å²) in [6.07, 6.45) is 1.43. The number of amides is 2. The van der Waals surface area contributed by atoms with Gasteiger partial charge < -0.3 is 19.3 Å². The molecule has 0 spiro atoms. The second kappa shape index (κ2) is 9.15. The first-order chi connectivity index (χ1) is 11.6. The normalized spacial score (nSPS) is 14.4. The highest BCUT2D eigenvalue weighted by molar-refractivity contribution is 5.79. The van der Waals surface area contributed by atoms with Crippen LogP contribution >= 0.6 is 0 Å². The summed E-state index contributed by atoms with van der Waals surface area (Å²) >= 11 is 0. The maximum absolute atomic E-state index is 12.2. The molecule has 2 amide bonds. The van der Waals surface area contributed by atoms with Crippen molar-refractivity contribution in [2.45, 2.75) is 26.7 Å². The second-order valence-corrected chi connectivity index (χ2v) is 5.70. The predicted molar refractivity (Wildman–Crippen MR) is 91.2 cm³/mol. The van der Waals surface area contributed by atoms with Crippen molar-refractivity contribution in [2.75, 3.05) is 39.4 Å². The van der Waals surface area contributed by atoms with E-state index in [2.05, 4.69) is 0 Å². The van der Waals surface area contributed by atoms with Crippen molar-refractivity contribution in [3.05, 3.63) is 24.3 Å². The van der Waals surface area contributed by atoms with E-state index in [0.29, 0.717) is 45.0 Å². The first kappa shape index (κ1) is 18.1. The highest BCUT2D eigenvalue weighted by atomic mass is 16.5. The maximum atomic E-state index is 12.2. The molecule has 6 heteroatoms. The molecule has 0 atom stereocenters. The van der Waals surface area contributed by atoms with Gasteiger partial charge in [-0.05, 0) is 37.6 Å². The molecule has 1 aromatic carbocycles. The zero-order chi connectivity index (χ0) is 17.4. The Morgan fingerprint density at radius 3 is 1.88 bits per heavy atom. The lowest BCUT2D eigenvalue weighted by Crippen LogP contribution is -2.51. The van der Waals surface area contributed by atoms with Crippen LogP contribution in [0.25, 0.3) is 0 Å². The fourth-order valence-corrected chi connectivity index (χ4v) is 2.61. The van der Waals surface area contributed by atoms with Gasteiger partial charge in [-0.25, -0.2) is 0 Å². The fourth-order valence-electron chi connectivity index (χ4n) is 2.61. The van der Waals surface area contributed by atoms with E-state index in [4.69, 9.17) is 9.47 Å². The average Bonchev–Trinajstić information content (AvgIpc) is 2.61. The predicted octanol–water partition coefficient (Wildman–Crippen LogP) is 1.93. The molecule has 132 valence electrons. The molecule has 0 bridgehead atoms. The Labute approximate surface area is 143 Å². The van der Waals surface area contributed by atoms with Crippen LogP contribution in [0.1, 0.15) is 26.7 Å². The van der Waals surface area contributed by atoms with E-state index in [0.717, 1.165) is 12.2 Å². The lowest BCUT2D eigenvalue weighted by Gasteiger charge is -2.34. The Morgan fingerprint density at radius 1 is 0.875 bits per heavy atom. The maximum Gasteiger partial charge on any atom is 0.260 e. The minimum Gasteiger partial charge on any atom is -0.494 e. The van der Waals surface area contributed by atoms with E-state index in [1.54, 1.807) is 17.0 Å². The van der Waals surface area contributed by atoms with Gasteiger partial charge >= 0.3 is 0 Å². The molecular weight excluding hydrogens is 308 g/mol. The third-order valence-electron chi connectivity index (χ3n) is 3.95. The first-order valence-electron chi connectivity index (χ1n) is 8.55. The summed E-state index contributed by atoms with van der Waals surface area (Å²) in [6.45, 7) is 6.90. The van der Waals surface area contributed by atoms with E-state index in [1.165, 1.54) is 0 Å². The van der Waals surface area contributed by atoms with Crippen molar-refractivity contribution >= 4 is 11.8 Å². The van der Waals surface area contributed by atoms with E-state index in [9.17, 15) is 9.59 Å². The number of ether oxygens (including phenoxy) is 2. The zero-order valence-corrected chi connectivity index (χ0v) is 14.5. The number of rotatable bonds is 7. The van der Waals surface area contributed by atoms with Gasteiger partial charge in [-0.1, -0.05) is 6.92 Å². The molecule has 0 radical (unpaired) electrons. The lowest BCUT2D eigenvalue weighted by atomic mass is 10.2. The number of hydrogen-bond acceptors (Lipinski definition) is 4. The molecule has 1 aliphatic rings. The molecule has 1 saturated heterocycles. The summed E-state index contributed by atoms with van der Waals surface area (Å²) in [5, 5.41) is 0. The molecular formula is C18H26N2O4. The molecule has 1 aromatic rings. The van der Waals surface area contributed by atoms with Crippen LogP contribution in [0.5, 0.6) is 11.5 Å². The van der Waals surface area contributed by atoms with Crippen molar-refractivity contribution in [1.29, 1.82) is 0 Å². The Morgan fingerprint density at radius 2 is 1.38 bits per heavy atom. The minimum atomic E-state index is -0.0496. The summed E-state index contributed by atoms with van der Waals surface area (Å²) in [5.74, 6) is 1.55. The first-order valence-corrected chi connectivity index (χ1v) is 8.55. The number of hydrogen-bond donors (Lipinski definition) is 0. The molecule has 0 aromatic heterocycles. The van der Waals surface area contributed by atoms with E-state index in [1.807, 2.05) is 30.9 Å². The number of piperazine rings is 1. The highest BCUT2D eigenvalue weighted by Gasteiger charge is 2.23. The van der Waals surface area contributed by atoms with Gasteiger partial charge in [0, 0.05) is 32.6 Å². The van der Waals surface area contributed by atoms with Crippen LogP contribution in [0.15, 0.2) is 24.3 Å². The van der Waals surface area contributed by atoms with Crippen LogP contribution in [0, 0.1) is 0 Å². The third kappa shape index (κ3) is 5.15. The fraction of sp³-hybridized carbons (Fsp3) is 0.556. The topological polar surface area (TPSA) is 59.1 Å². The van der Waals surface area contributed by atoms with Crippen LogP contribution in [0.3, 0.4) is 0 Å². The van der Waals surface area contributed by atoms with Crippen LogP contribution in [-0.4, -0.2) is 61.0 Å². The molecule has 24 heavy (non-hydrogen) atoms. The van der Waals surface area contributed by atoms with Gasteiger partial charge in [-0.3, -0.25) is 9.59 Å². The van der Waals surface area contributed by atoms with E-state index < -0.39 is 0 Å². The molecule has 0 N–H and O–H groups in total. The molecule has 6 nitrogen and oxygen atoms in total. The Kier molecular flexibility index (Phi) is 6.90. The van der Waals surface area contributed by atoms with Crippen LogP contribution in [0.2, 0.25) is 0 Å². The second-order valence-electron chi connectivity index (χ2n) is 5.70. The minimum absolute atomic E-state index is 0.0108. The van der Waals surface area contributed by atoms with Gasteiger partial charge in [-0.15, -0.1) is 0 Å². The smallest absolute Gasteiger partial charge is 0.260 e. The quantitative estimate of drug-likeness (QED) is 0.764. The molecule has 0 unspecified atom stereocenters. The Bertz CT molecular complexity index is 536. The summed E-state index contributed by atoms with van der Waals surface area (Å²) in [5.41, 5.74) is 0. The molecule has 0 saturated carbocycles. The number of carbonyl (C=O) groups is 2. The standard InChI is InChI=1S/C18H26N2O4/c1-3-5-17(21)19-10-12-20(13-11-19)18(22)14-24-16-8-6-15(7-9-16)23-4-2/h6-9H,3-5,10-14H2,1-2H3. The molecule has 1 heterocycles. The van der Waals surface area contributed by atoms with E-state index in [-0.39, 0.29) is 18.4 Å². The van der Waals surface area contributed by atoms with Gasteiger partial charge in [0.2, 0.25) is 5.91 Å². The molecule has 1 aliphatic heterocycles. The van der Waals surface area contributed by atoms with Gasteiger partial charge in [-0.2, -0.15) is 0 Å². The summed E-state index contributed by atoms with van der Waals surface area (Å²) < 4.78 is 10.9. The Hall–Kier alpha value is -2.24. The molecule has 0 aliphatic carbocycles. The van der Waals surface area contributed by atoms with Gasteiger partial charge in [0.15, 0.2) is 6.61 Å².